The Morgan fingerprint density at radius 1 is 1.32 bits per heavy atom. The van der Waals surface area contributed by atoms with Gasteiger partial charge in [0.1, 0.15) is 12.0 Å². The summed E-state index contributed by atoms with van der Waals surface area (Å²) in [5.74, 6) is 0.156. The average Bonchev–Trinajstić information content (AvgIpc) is 2.71. The number of Topliss-reactive ketones (excluding diaryl/α,β-unsaturated/α-hetero) is 1. The van der Waals surface area contributed by atoms with Crippen molar-refractivity contribution in [3.63, 3.8) is 0 Å². The molecule has 0 atom stereocenters. The van der Waals surface area contributed by atoms with Crippen molar-refractivity contribution >= 4 is 17.4 Å². The van der Waals surface area contributed by atoms with Crippen molar-refractivity contribution < 1.29 is 4.79 Å². The van der Waals surface area contributed by atoms with E-state index in [1.807, 2.05) is 28.8 Å². The topological polar surface area (TPSA) is 34.9 Å². The van der Waals surface area contributed by atoms with E-state index in [2.05, 4.69) is 18.8 Å². The highest BCUT2D eigenvalue weighted by molar-refractivity contribution is 6.30. The maximum Gasteiger partial charge on any atom is 0.182 e. The van der Waals surface area contributed by atoms with E-state index < -0.39 is 0 Å². The molecule has 1 heterocycles. The number of rotatable bonds is 1. The normalized spacial score (nSPS) is 17.3. The van der Waals surface area contributed by atoms with Crippen molar-refractivity contribution in [2.24, 2.45) is 5.41 Å². The first-order valence-corrected chi connectivity index (χ1v) is 6.69. The lowest BCUT2D eigenvalue weighted by Gasteiger charge is -2.28. The number of hydrogen-bond donors (Lipinski definition) is 0. The molecule has 3 rings (SSSR count). The number of aromatic nitrogens is 2. The van der Waals surface area contributed by atoms with E-state index in [1.54, 1.807) is 6.33 Å². The highest BCUT2D eigenvalue weighted by Gasteiger charge is 2.34. The second-order valence-electron chi connectivity index (χ2n) is 5.83. The maximum absolute atomic E-state index is 12.3. The molecule has 0 saturated heterocycles. The largest absolute Gasteiger partial charge is 0.296 e. The third-order valence-corrected chi connectivity index (χ3v) is 3.71. The summed E-state index contributed by atoms with van der Waals surface area (Å²) in [5.41, 5.74) is 2.48. The second-order valence-corrected chi connectivity index (χ2v) is 6.27. The minimum absolute atomic E-state index is 0.00238. The molecule has 1 aliphatic carbocycles. The number of halogens is 1. The monoisotopic (exact) mass is 274 g/mol. The van der Waals surface area contributed by atoms with Gasteiger partial charge in [-0.1, -0.05) is 31.5 Å². The summed E-state index contributed by atoms with van der Waals surface area (Å²) in [5, 5.41) is 0.656. The standard InChI is InChI=1S/C15H15ClN2O/c1-15(2)7-12-14(13(19)8-15)18(9-17-12)11-5-3-4-10(16)6-11/h3-6,9H,7-8H2,1-2H3. The summed E-state index contributed by atoms with van der Waals surface area (Å²) in [6, 6.07) is 7.47. The van der Waals surface area contributed by atoms with Crippen molar-refractivity contribution in [1.29, 1.82) is 0 Å². The van der Waals surface area contributed by atoms with Gasteiger partial charge in [-0.25, -0.2) is 4.98 Å². The molecule has 0 fully saturated rings. The minimum atomic E-state index is -0.00238. The Balaban J connectivity index is 2.12. The van der Waals surface area contributed by atoms with Crippen LogP contribution in [0.4, 0.5) is 0 Å². The molecule has 4 heteroatoms. The Hall–Kier alpha value is -1.61. The van der Waals surface area contributed by atoms with Crippen LogP contribution in [0.3, 0.4) is 0 Å². The molecule has 0 aliphatic heterocycles. The lowest BCUT2D eigenvalue weighted by molar-refractivity contribution is 0.0904. The first kappa shape index (κ1) is 12.4. The quantitative estimate of drug-likeness (QED) is 0.795. The first-order valence-electron chi connectivity index (χ1n) is 6.32. The van der Waals surface area contributed by atoms with E-state index in [-0.39, 0.29) is 11.2 Å². The SMILES string of the molecule is CC1(C)CC(=O)c2c(ncn2-c2cccc(Cl)c2)C1. The molecule has 0 amide bonds. The Labute approximate surface area is 117 Å². The van der Waals surface area contributed by atoms with Gasteiger partial charge in [-0.15, -0.1) is 0 Å². The molecule has 0 N–H and O–H groups in total. The van der Waals surface area contributed by atoms with Crippen LogP contribution >= 0.6 is 11.6 Å². The molecule has 19 heavy (non-hydrogen) atoms. The first-order chi connectivity index (χ1) is 8.96. The smallest absolute Gasteiger partial charge is 0.182 e. The van der Waals surface area contributed by atoms with Crippen molar-refractivity contribution in [2.75, 3.05) is 0 Å². The predicted molar refractivity (Wildman–Crippen MR) is 75.0 cm³/mol. The van der Waals surface area contributed by atoms with Gasteiger partial charge in [0.15, 0.2) is 5.78 Å². The number of carbonyl (C=O) groups excluding carboxylic acids is 1. The summed E-state index contributed by atoms with van der Waals surface area (Å²) in [6.45, 7) is 4.21. The van der Waals surface area contributed by atoms with Gasteiger partial charge in [-0.2, -0.15) is 0 Å². The molecular weight excluding hydrogens is 260 g/mol. The summed E-state index contributed by atoms with van der Waals surface area (Å²) in [7, 11) is 0. The molecule has 1 aromatic carbocycles. The van der Waals surface area contributed by atoms with Gasteiger partial charge in [0.25, 0.3) is 0 Å². The summed E-state index contributed by atoms with van der Waals surface area (Å²) in [6.07, 6.45) is 3.11. The minimum Gasteiger partial charge on any atom is -0.296 e. The van der Waals surface area contributed by atoms with Crippen molar-refractivity contribution in [1.82, 2.24) is 9.55 Å². The van der Waals surface area contributed by atoms with Gasteiger partial charge in [0, 0.05) is 17.1 Å². The van der Waals surface area contributed by atoms with Crippen LogP contribution in [0.15, 0.2) is 30.6 Å². The van der Waals surface area contributed by atoms with Crippen LogP contribution in [-0.2, 0) is 6.42 Å². The zero-order valence-corrected chi connectivity index (χ0v) is 11.7. The van der Waals surface area contributed by atoms with Crippen LogP contribution < -0.4 is 0 Å². The molecule has 1 aliphatic rings. The van der Waals surface area contributed by atoms with Crippen LogP contribution in [0.25, 0.3) is 5.69 Å². The van der Waals surface area contributed by atoms with Crippen LogP contribution in [-0.4, -0.2) is 15.3 Å². The molecule has 0 spiro atoms. The molecule has 2 aromatic rings. The molecule has 0 bridgehead atoms. The number of hydrogen-bond acceptors (Lipinski definition) is 2. The van der Waals surface area contributed by atoms with Gasteiger partial charge >= 0.3 is 0 Å². The zero-order chi connectivity index (χ0) is 13.6. The summed E-state index contributed by atoms with van der Waals surface area (Å²) in [4.78, 5) is 16.8. The fraction of sp³-hybridized carbons (Fsp3) is 0.333. The fourth-order valence-corrected chi connectivity index (χ4v) is 2.85. The van der Waals surface area contributed by atoms with Crippen molar-refractivity contribution in [3.05, 3.63) is 47.0 Å². The predicted octanol–water partition coefficient (Wildman–Crippen LogP) is 3.68. The number of benzene rings is 1. The summed E-state index contributed by atoms with van der Waals surface area (Å²) < 4.78 is 1.85. The number of imidazole rings is 1. The van der Waals surface area contributed by atoms with Gasteiger partial charge in [-0.3, -0.25) is 9.36 Å². The molecular formula is C15H15ClN2O. The van der Waals surface area contributed by atoms with E-state index in [0.29, 0.717) is 17.1 Å². The molecule has 0 radical (unpaired) electrons. The van der Waals surface area contributed by atoms with E-state index in [9.17, 15) is 4.79 Å². The second kappa shape index (κ2) is 4.20. The maximum atomic E-state index is 12.3. The van der Waals surface area contributed by atoms with Crippen LogP contribution in [0, 0.1) is 5.41 Å². The number of ketones is 1. The zero-order valence-electron chi connectivity index (χ0n) is 11.0. The van der Waals surface area contributed by atoms with Gasteiger partial charge in [-0.05, 0) is 30.0 Å². The van der Waals surface area contributed by atoms with Gasteiger partial charge < -0.3 is 0 Å². The highest BCUT2D eigenvalue weighted by Crippen LogP contribution is 2.35. The third-order valence-electron chi connectivity index (χ3n) is 3.48. The van der Waals surface area contributed by atoms with E-state index in [1.165, 1.54) is 0 Å². The Morgan fingerprint density at radius 3 is 2.84 bits per heavy atom. The van der Waals surface area contributed by atoms with Crippen LogP contribution in [0.2, 0.25) is 5.02 Å². The van der Waals surface area contributed by atoms with Crippen LogP contribution in [0.1, 0.15) is 36.5 Å². The fourth-order valence-electron chi connectivity index (χ4n) is 2.67. The number of fused-ring (bicyclic) bond motifs is 1. The molecule has 1 aromatic heterocycles. The van der Waals surface area contributed by atoms with E-state index in [0.717, 1.165) is 17.8 Å². The average molecular weight is 275 g/mol. The van der Waals surface area contributed by atoms with Crippen molar-refractivity contribution in [3.8, 4) is 5.69 Å². The van der Waals surface area contributed by atoms with Crippen molar-refractivity contribution in [2.45, 2.75) is 26.7 Å². The molecule has 3 nitrogen and oxygen atoms in total. The van der Waals surface area contributed by atoms with E-state index in [4.69, 9.17) is 11.6 Å². The van der Waals surface area contributed by atoms with Gasteiger partial charge in [0.05, 0.1) is 5.69 Å². The highest BCUT2D eigenvalue weighted by atomic mass is 35.5. The number of carbonyl (C=O) groups is 1. The molecule has 0 unspecified atom stereocenters. The molecule has 98 valence electrons. The third kappa shape index (κ3) is 2.19. The number of nitrogens with zero attached hydrogens (tertiary/aromatic N) is 2. The lowest BCUT2D eigenvalue weighted by atomic mass is 9.77. The van der Waals surface area contributed by atoms with Gasteiger partial charge in [0.2, 0.25) is 0 Å². The Kier molecular flexibility index (Phi) is 2.75. The van der Waals surface area contributed by atoms with Crippen LogP contribution in [0.5, 0.6) is 0 Å². The Bertz CT molecular complexity index is 658. The van der Waals surface area contributed by atoms with E-state index >= 15 is 0 Å². The lowest BCUT2D eigenvalue weighted by Crippen LogP contribution is -2.28. The Morgan fingerprint density at radius 2 is 2.11 bits per heavy atom. The molecule has 0 saturated carbocycles. The summed E-state index contributed by atoms with van der Waals surface area (Å²) >= 11 is 6.01.